The first-order chi connectivity index (χ1) is 13.3. The van der Waals surface area contributed by atoms with Gasteiger partial charge in [0, 0.05) is 25.5 Å². The molecule has 4 heterocycles. The molecule has 2 fully saturated rings. The summed E-state index contributed by atoms with van der Waals surface area (Å²) in [6.07, 6.45) is 6.23. The number of carbonyl (C=O) groups is 1. The SMILES string of the molecule is O=C1N(c2ncccn2)c2ccccc2C12CCN(CC1CCOC1)CC2. The van der Waals surface area contributed by atoms with Crippen LogP contribution < -0.4 is 4.90 Å². The average molecular weight is 364 g/mol. The Kier molecular flexibility index (Phi) is 4.17. The fourth-order valence-corrected chi connectivity index (χ4v) is 4.81. The fraction of sp³-hybridized carbons (Fsp3) is 0.476. The number of carbonyl (C=O) groups excluding carboxylic acids is 1. The van der Waals surface area contributed by atoms with Crippen molar-refractivity contribution in [3.05, 3.63) is 48.3 Å². The van der Waals surface area contributed by atoms with Crippen molar-refractivity contribution in [1.29, 1.82) is 0 Å². The summed E-state index contributed by atoms with van der Waals surface area (Å²) < 4.78 is 5.52. The molecule has 0 radical (unpaired) electrons. The van der Waals surface area contributed by atoms with Crippen LogP contribution in [0.2, 0.25) is 0 Å². The molecule has 140 valence electrons. The Morgan fingerprint density at radius 2 is 1.89 bits per heavy atom. The molecule has 1 spiro atoms. The summed E-state index contributed by atoms with van der Waals surface area (Å²) in [5.74, 6) is 1.23. The van der Waals surface area contributed by atoms with E-state index in [-0.39, 0.29) is 5.91 Å². The normalized spacial score (nSPS) is 24.5. The molecule has 1 aromatic heterocycles. The van der Waals surface area contributed by atoms with Gasteiger partial charge in [-0.25, -0.2) is 14.9 Å². The number of likely N-dealkylation sites (tertiary alicyclic amines) is 1. The number of benzene rings is 1. The molecule has 27 heavy (non-hydrogen) atoms. The first-order valence-corrected chi connectivity index (χ1v) is 9.79. The van der Waals surface area contributed by atoms with Gasteiger partial charge in [0.2, 0.25) is 11.9 Å². The molecule has 0 bridgehead atoms. The van der Waals surface area contributed by atoms with Crippen molar-refractivity contribution < 1.29 is 9.53 Å². The highest BCUT2D eigenvalue weighted by molar-refractivity contribution is 6.12. The van der Waals surface area contributed by atoms with Crippen molar-refractivity contribution in [3.63, 3.8) is 0 Å². The number of hydrogen-bond acceptors (Lipinski definition) is 5. The molecule has 1 unspecified atom stereocenters. The van der Waals surface area contributed by atoms with Crippen molar-refractivity contribution in [1.82, 2.24) is 14.9 Å². The second-order valence-corrected chi connectivity index (χ2v) is 7.82. The van der Waals surface area contributed by atoms with Crippen LogP contribution in [0.5, 0.6) is 0 Å². The number of amides is 1. The number of anilines is 2. The maximum Gasteiger partial charge on any atom is 0.244 e. The third-order valence-electron chi connectivity index (χ3n) is 6.28. The van der Waals surface area contributed by atoms with E-state index in [2.05, 4.69) is 20.9 Å². The Balaban J connectivity index is 1.42. The maximum absolute atomic E-state index is 13.6. The van der Waals surface area contributed by atoms with Gasteiger partial charge in [0.15, 0.2) is 0 Å². The molecule has 0 aliphatic carbocycles. The highest BCUT2D eigenvalue weighted by atomic mass is 16.5. The molecular weight excluding hydrogens is 340 g/mol. The number of nitrogens with zero attached hydrogens (tertiary/aromatic N) is 4. The van der Waals surface area contributed by atoms with Gasteiger partial charge in [0.05, 0.1) is 17.7 Å². The van der Waals surface area contributed by atoms with Gasteiger partial charge in [-0.3, -0.25) is 4.79 Å². The van der Waals surface area contributed by atoms with Crippen LogP contribution >= 0.6 is 0 Å². The lowest BCUT2D eigenvalue weighted by Crippen LogP contribution is -2.49. The lowest BCUT2D eigenvalue weighted by atomic mass is 9.73. The minimum atomic E-state index is -0.446. The van der Waals surface area contributed by atoms with Crippen LogP contribution in [0.15, 0.2) is 42.7 Å². The monoisotopic (exact) mass is 364 g/mol. The first-order valence-electron chi connectivity index (χ1n) is 9.79. The molecular formula is C21H24N4O2. The number of ether oxygens (including phenoxy) is 1. The molecule has 1 aromatic carbocycles. The predicted molar refractivity (Wildman–Crippen MR) is 102 cm³/mol. The molecule has 5 rings (SSSR count). The summed E-state index contributed by atoms with van der Waals surface area (Å²) in [6, 6.07) is 9.91. The lowest BCUT2D eigenvalue weighted by molar-refractivity contribution is -0.124. The number of rotatable bonds is 3. The van der Waals surface area contributed by atoms with E-state index in [4.69, 9.17) is 4.74 Å². The second-order valence-electron chi connectivity index (χ2n) is 7.82. The van der Waals surface area contributed by atoms with Gasteiger partial charge in [-0.1, -0.05) is 18.2 Å². The molecule has 1 atom stereocenters. The summed E-state index contributed by atoms with van der Waals surface area (Å²) in [5, 5.41) is 0. The van der Waals surface area contributed by atoms with Gasteiger partial charge in [0.25, 0.3) is 0 Å². The van der Waals surface area contributed by atoms with Crippen molar-refractivity contribution >= 4 is 17.5 Å². The summed E-state index contributed by atoms with van der Waals surface area (Å²) in [5.41, 5.74) is 1.62. The minimum absolute atomic E-state index is 0.124. The number of fused-ring (bicyclic) bond motifs is 2. The third kappa shape index (κ3) is 2.75. The fourth-order valence-electron chi connectivity index (χ4n) is 4.81. The highest BCUT2D eigenvalue weighted by Crippen LogP contribution is 2.49. The van der Waals surface area contributed by atoms with E-state index in [0.717, 1.165) is 63.4 Å². The van der Waals surface area contributed by atoms with E-state index in [9.17, 15) is 4.79 Å². The Hall–Kier alpha value is -2.31. The van der Waals surface area contributed by atoms with Gasteiger partial charge >= 0.3 is 0 Å². The van der Waals surface area contributed by atoms with E-state index in [1.807, 2.05) is 18.2 Å². The molecule has 1 amide bonds. The van der Waals surface area contributed by atoms with Crippen molar-refractivity contribution in [2.24, 2.45) is 5.92 Å². The molecule has 0 N–H and O–H groups in total. The smallest absolute Gasteiger partial charge is 0.244 e. The van der Waals surface area contributed by atoms with Crippen molar-refractivity contribution in [2.75, 3.05) is 37.7 Å². The van der Waals surface area contributed by atoms with E-state index in [0.29, 0.717) is 11.9 Å². The topological polar surface area (TPSA) is 58.6 Å². The molecule has 6 heteroatoms. The molecule has 2 aromatic rings. The van der Waals surface area contributed by atoms with Crippen LogP contribution in [0.4, 0.5) is 11.6 Å². The Labute approximate surface area is 159 Å². The zero-order valence-corrected chi connectivity index (χ0v) is 15.4. The van der Waals surface area contributed by atoms with E-state index in [1.54, 1.807) is 23.4 Å². The van der Waals surface area contributed by atoms with Gasteiger partial charge in [-0.05, 0) is 56.0 Å². The summed E-state index contributed by atoms with van der Waals surface area (Å²) >= 11 is 0. The largest absolute Gasteiger partial charge is 0.381 e. The van der Waals surface area contributed by atoms with E-state index < -0.39 is 5.41 Å². The minimum Gasteiger partial charge on any atom is -0.381 e. The summed E-state index contributed by atoms with van der Waals surface area (Å²) in [4.78, 5) is 26.5. The Morgan fingerprint density at radius 3 is 2.63 bits per heavy atom. The van der Waals surface area contributed by atoms with Crippen LogP contribution in [-0.2, 0) is 14.9 Å². The standard InChI is InChI=1S/C21H24N4O2/c26-19-21(7-11-24(12-8-21)14-16-6-13-27-15-16)17-4-1-2-5-18(17)25(19)20-22-9-3-10-23-20/h1-5,9-10,16H,6-8,11-15H2. The quantitative estimate of drug-likeness (QED) is 0.838. The van der Waals surface area contributed by atoms with Crippen LogP contribution in [0, 0.1) is 5.92 Å². The van der Waals surface area contributed by atoms with Gasteiger partial charge < -0.3 is 9.64 Å². The van der Waals surface area contributed by atoms with E-state index in [1.165, 1.54) is 0 Å². The highest BCUT2D eigenvalue weighted by Gasteiger charge is 2.53. The van der Waals surface area contributed by atoms with Gasteiger partial charge in [-0.15, -0.1) is 0 Å². The summed E-state index contributed by atoms with van der Waals surface area (Å²) in [6.45, 7) is 4.74. The van der Waals surface area contributed by atoms with Crippen molar-refractivity contribution in [3.8, 4) is 0 Å². The van der Waals surface area contributed by atoms with Crippen LogP contribution in [0.1, 0.15) is 24.8 Å². The molecule has 3 aliphatic rings. The molecule has 0 saturated carbocycles. The zero-order valence-electron chi connectivity index (χ0n) is 15.4. The lowest BCUT2D eigenvalue weighted by Gasteiger charge is -2.39. The molecule has 2 saturated heterocycles. The molecule has 3 aliphatic heterocycles. The van der Waals surface area contributed by atoms with Crippen molar-refractivity contribution in [2.45, 2.75) is 24.7 Å². The van der Waals surface area contributed by atoms with E-state index >= 15 is 0 Å². The Bertz CT molecular complexity index is 827. The number of hydrogen-bond donors (Lipinski definition) is 0. The maximum atomic E-state index is 13.6. The average Bonchev–Trinajstić information content (AvgIpc) is 3.30. The van der Waals surface area contributed by atoms with Gasteiger partial charge in [-0.2, -0.15) is 0 Å². The van der Waals surface area contributed by atoms with Crippen LogP contribution in [-0.4, -0.2) is 53.6 Å². The number of para-hydroxylation sites is 1. The first kappa shape index (κ1) is 16.8. The molecule has 6 nitrogen and oxygen atoms in total. The Morgan fingerprint density at radius 1 is 1.11 bits per heavy atom. The predicted octanol–water partition coefficient (Wildman–Crippen LogP) is 2.53. The zero-order chi connectivity index (χ0) is 18.3. The van der Waals surface area contributed by atoms with Crippen LogP contribution in [0.25, 0.3) is 0 Å². The number of piperidine rings is 1. The van der Waals surface area contributed by atoms with Crippen LogP contribution in [0.3, 0.4) is 0 Å². The number of aromatic nitrogens is 2. The third-order valence-corrected chi connectivity index (χ3v) is 6.28. The summed E-state index contributed by atoms with van der Waals surface area (Å²) in [7, 11) is 0. The second kappa shape index (κ2) is 6.69. The van der Waals surface area contributed by atoms with Gasteiger partial charge in [0.1, 0.15) is 0 Å².